The second-order valence-corrected chi connectivity index (χ2v) is 10.4. The van der Waals surface area contributed by atoms with E-state index in [1.165, 1.54) is 30.3 Å². The van der Waals surface area contributed by atoms with Crippen LogP contribution in [0.25, 0.3) is 0 Å². The first-order valence-corrected chi connectivity index (χ1v) is 12.8. The second-order valence-electron chi connectivity index (χ2n) is 8.05. The summed E-state index contributed by atoms with van der Waals surface area (Å²) in [5.41, 5.74) is -2.09. The minimum Gasteiger partial charge on any atom is -0.618 e. The molecule has 0 atom stereocenters. The molecule has 0 spiro atoms. The van der Waals surface area contributed by atoms with Gasteiger partial charge in [0.15, 0.2) is 27.6 Å². The number of aromatic nitrogens is 3. The van der Waals surface area contributed by atoms with E-state index in [1.807, 2.05) is 0 Å². The predicted molar refractivity (Wildman–Crippen MR) is 128 cm³/mol. The zero-order valence-corrected chi connectivity index (χ0v) is 21.2. The highest BCUT2D eigenvalue weighted by Gasteiger charge is 2.39. The van der Waals surface area contributed by atoms with Gasteiger partial charge in [0.2, 0.25) is 5.91 Å². The lowest BCUT2D eigenvalue weighted by atomic mass is 10.2. The first-order valence-electron chi connectivity index (χ1n) is 10.8. The molecule has 0 radical (unpaired) electrons. The smallest absolute Gasteiger partial charge is 0.403 e. The first-order chi connectivity index (χ1) is 18.1. The number of sulfone groups is 1. The van der Waals surface area contributed by atoms with Crippen molar-refractivity contribution in [1.82, 2.24) is 14.9 Å². The van der Waals surface area contributed by atoms with Gasteiger partial charge in [-0.3, -0.25) is 14.2 Å². The third-order valence-corrected chi connectivity index (χ3v) is 7.20. The van der Waals surface area contributed by atoms with E-state index in [0.29, 0.717) is 4.57 Å². The summed E-state index contributed by atoms with van der Waals surface area (Å²) in [4.78, 5) is 28.2. The molecule has 0 aliphatic carbocycles. The number of alkyl halides is 5. The predicted octanol–water partition coefficient (Wildman–Crippen LogP) is 2.39. The van der Waals surface area contributed by atoms with Crippen molar-refractivity contribution in [2.24, 2.45) is 0 Å². The molecule has 17 heteroatoms. The van der Waals surface area contributed by atoms with E-state index in [2.05, 4.69) is 15.6 Å². The lowest BCUT2D eigenvalue weighted by molar-refractivity contribution is -0.624. The van der Waals surface area contributed by atoms with Crippen molar-refractivity contribution in [1.29, 1.82) is 0 Å². The summed E-state index contributed by atoms with van der Waals surface area (Å²) in [5, 5.41) is 15.7. The van der Waals surface area contributed by atoms with Gasteiger partial charge in [0.05, 0.1) is 17.6 Å². The highest BCUT2D eigenvalue weighted by Crippen LogP contribution is 2.26. The fraction of sp³-hybridized carbons (Fsp3) is 0.273. The minimum absolute atomic E-state index is 0.0356. The van der Waals surface area contributed by atoms with Crippen LogP contribution in [0.5, 0.6) is 0 Å². The number of hydrogen-bond donors (Lipinski definition) is 2. The largest absolute Gasteiger partial charge is 0.618 e. The number of pyridine rings is 1. The maximum atomic E-state index is 14.5. The van der Waals surface area contributed by atoms with Crippen LogP contribution in [0, 0.1) is 5.21 Å². The molecule has 10 nitrogen and oxygen atoms in total. The van der Waals surface area contributed by atoms with Crippen molar-refractivity contribution in [2.45, 2.75) is 30.1 Å². The minimum atomic E-state index is -4.98. The van der Waals surface area contributed by atoms with E-state index < -0.39 is 75.2 Å². The molecular weight excluding hydrogens is 577 g/mol. The second kappa shape index (κ2) is 11.5. The van der Waals surface area contributed by atoms with Crippen LogP contribution in [0.4, 0.5) is 27.8 Å². The normalized spacial score (nSPS) is 12.3. The standard InChI is InChI=1S/C22H19ClF5N5O5S/c23-17-10-30-19(31-12-21(24,25)16-7-3-4-8-33(16)36)20(35)32(17)11-18(34)29-9-14-5-1-2-6-15(14)39(37,38)13-22(26,27)28/h1-8,10H,9,11-13H2,(H,29,34)(H,30,31). The highest BCUT2D eigenvalue weighted by molar-refractivity contribution is 7.91. The SMILES string of the molecule is O=C(Cn1c(Cl)cnc(NCC(F)(F)c2cccc[n+]2[O-])c1=O)NCc1ccccc1S(=O)(=O)CC(F)(F)F. The topological polar surface area (TPSA) is 137 Å². The van der Waals surface area contributed by atoms with Crippen LogP contribution < -0.4 is 20.9 Å². The Kier molecular flexibility index (Phi) is 8.80. The number of halogens is 6. The molecule has 1 aromatic carbocycles. The highest BCUT2D eigenvalue weighted by atomic mass is 35.5. The molecule has 2 heterocycles. The molecular formula is C22H19ClF5N5O5S. The van der Waals surface area contributed by atoms with Crippen LogP contribution in [0.3, 0.4) is 0 Å². The molecule has 0 saturated heterocycles. The summed E-state index contributed by atoms with van der Waals surface area (Å²) in [6.45, 7) is -2.46. The summed E-state index contributed by atoms with van der Waals surface area (Å²) < 4.78 is 92.1. The molecule has 0 saturated carbocycles. The number of rotatable bonds is 10. The molecule has 1 amide bonds. The van der Waals surface area contributed by atoms with Crippen molar-refractivity contribution in [2.75, 3.05) is 17.6 Å². The van der Waals surface area contributed by atoms with E-state index in [0.717, 1.165) is 24.5 Å². The first kappa shape index (κ1) is 29.8. The zero-order chi connectivity index (χ0) is 29.0. The molecule has 0 bridgehead atoms. The van der Waals surface area contributed by atoms with Gasteiger partial charge in [0.25, 0.3) is 11.3 Å². The summed E-state index contributed by atoms with van der Waals surface area (Å²) in [5.74, 6) is -7.32. The molecule has 0 aliphatic heterocycles. The van der Waals surface area contributed by atoms with E-state index in [4.69, 9.17) is 11.6 Å². The third kappa shape index (κ3) is 7.63. The van der Waals surface area contributed by atoms with Gasteiger partial charge in [-0.25, -0.2) is 13.4 Å². The number of benzene rings is 1. The Morgan fingerprint density at radius 3 is 2.44 bits per heavy atom. The summed E-state index contributed by atoms with van der Waals surface area (Å²) in [6.07, 6.45) is -3.20. The fourth-order valence-electron chi connectivity index (χ4n) is 3.37. The van der Waals surface area contributed by atoms with E-state index in [9.17, 15) is 45.2 Å². The Balaban J connectivity index is 1.72. The Bertz CT molecular complexity index is 1530. The maximum Gasteiger partial charge on any atom is 0.403 e. The van der Waals surface area contributed by atoms with Gasteiger partial charge in [0, 0.05) is 18.7 Å². The summed E-state index contributed by atoms with van der Waals surface area (Å²) in [6, 6.07) is 8.13. The molecule has 210 valence electrons. The average molecular weight is 596 g/mol. The van der Waals surface area contributed by atoms with Gasteiger partial charge in [0.1, 0.15) is 11.7 Å². The van der Waals surface area contributed by atoms with Gasteiger partial charge >= 0.3 is 12.1 Å². The fourth-order valence-corrected chi connectivity index (χ4v) is 4.97. The quantitative estimate of drug-likeness (QED) is 0.209. The van der Waals surface area contributed by atoms with Crippen LogP contribution in [-0.2, 0) is 33.6 Å². The molecule has 3 rings (SSSR count). The lowest BCUT2D eigenvalue weighted by Gasteiger charge is -2.17. The maximum absolute atomic E-state index is 14.5. The van der Waals surface area contributed by atoms with Crippen molar-refractivity contribution in [3.8, 4) is 0 Å². The number of amides is 1. The number of nitrogens with zero attached hydrogens (tertiary/aromatic N) is 3. The van der Waals surface area contributed by atoms with E-state index in [-0.39, 0.29) is 15.4 Å². The number of nitrogens with one attached hydrogen (secondary N) is 2. The lowest BCUT2D eigenvalue weighted by Crippen LogP contribution is -2.41. The molecule has 0 fully saturated rings. The van der Waals surface area contributed by atoms with E-state index in [1.54, 1.807) is 0 Å². The molecule has 0 unspecified atom stereocenters. The van der Waals surface area contributed by atoms with Crippen LogP contribution >= 0.6 is 11.6 Å². The monoisotopic (exact) mass is 595 g/mol. The number of anilines is 1. The van der Waals surface area contributed by atoms with Gasteiger partial charge in [-0.05, 0) is 17.7 Å². The zero-order valence-electron chi connectivity index (χ0n) is 19.6. The van der Waals surface area contributed by atoms with Crippen molar-refractivity contribution in [3.63, 3.8) is 0 Å². The van der Waals surface area contributed by atoms with Gasteiger partial charge in [-0.15, -0.1) is 0 Å². The van der Waals surface area contributed by atoms with Crippen molar-refractivity contribution >= 4 is 33.2 Å². The Labute approximate surface area is 222 Å². The van der Waals surface area contributed by atoms with E-state index >= 15 is 0 Å². The van der Waals surface area contributed by atoms with Crippen LogP contribution in [-0.4, -0.2) is 42.3 Å². The molecule has 2 N–H and O–H groups in total. The average Bonchev–Trinajstić information content (AvgIpc) is 2.83. The molecule has 2 aromatic heterocycles. The van der Waals surface area contributed by atoms with Gasteiger partial charge < -0.3 is 15.8 Å². The molecule has 39 heavy (non-hydrogen) atoms. The van der Waals surface area contributed by atoms with Gasteiger partial charge in [-0.2, -0.15) is 26.7 Å². The summed E-state index contributed by atoms with van der Waals surface area (Å²) >= 11 is 5.93. The Hall–Kier alpha value is -3.79. The van der Waals surface area contributed by atoms with Crippen LogP contribution in [0.2, 0.25) is 5.15 Å². The van der Waals surface area contributed by atoms with Crippen LogP contribution in [0.1, 0.15) is 11.3 Å². The van der Waals surface area contributed by atoms with Crippen LogP contribution in [0.15, 0.2) is 64.5 Å². The van der Waals surface area contributed by atoms with Crippen molar-refractivity contribution < 1.29 is 39.9 Å². The number of hydrogen-bond acceptors (Lipinski definition) is 7. The molecule has 0 aliphatic rings. The Morgan fingerprint density at radius 2 is 1.77 bits per heavy atom. The van der Waals surface area contributed by atoms with Gasteiger partial charge in [-0.1, -0.05) is 29.8 Å². The summed E-state index contributed by atoms with van der Waals surface area (Å²) in [7, 11) is -4.77. The third-order valence-electron chi connectivity index (χ3n) is 5.12. The number of carbonyl (C=O) groups excluding carboxylic acids is 1. The Morgan fingerprint density at radius 1 is 1.10 bits per heavy atom. The van der Waals surface area contributed by atoms with Crippen molar-refractivity contribution in [3.05, 3.63) is 86.8 Å². The molecule has 3 aromatic rings. The number of carbonyl (C=O) groups is 1.